The summed E-state index contributed by atoms with van der Waals surface area (Å²) >= 11 is 0. The third-order valence-electron chi connectivity index (χ3n) is 4.42. The number of hydrogen-bond donors (Lipinski definition) is 2. The monoisotopic (exact) mass is 375 g/mol. The summed E-state index contributed by atoms with van der Waals surface area (Å²) in [6.45, 7) is 8.18. The predicted octanol–water partition coefficient (Wildman–Crippen LogP) is 4.63. The number of hydrogen-bond acceptors (Lipinski definition) is 5. The number of anilines is 4. The van der Waals surface area contributed by atoms with Crippen LogP contribution in [0.4, 0.5) is 23.0 Å². The molecule has 28 heavy (non-hydrogen) atoms. The van der Waals surface area contributed by atoms with Crippen LogP contribution in [-0.4, -0.2) is 29.0 Å². The molecule has 0 atom stereocenters. The van der Waals surface area contributed by atoms with Crippen molar-refractivity contribution < 1.29 is 4.79 Å². The van der Waals surface area contributed by atoms with Gasteiger partial charge in [0.1, 0.15) is 5.69 Å². The van der Waals surface area contributed by atoms with Gasteiger partial charge in [0.15, 0.2) is 0 Å². The molecule has 1 amide bonds. The summed E-state index contributed by atoms with van der Waals surface area (Å²) in [5.41, 5.74) is 4.16. The molecule has 6 heteroatoms. The number of aryl methyl sites for hydroxylation is 1. The molecule has 0 fully saturated rings. The molecule has 0 unspecified atom stereocenters. The number of benzene rings is 2. The summed E-state index contributed by atoms with van der Waals surface area (Å²) in [5, 5.41) is 6.01. The quantitative estimate of drug-likeness (QED) is 0.630. The van der Waals surface area contributed by atoms with Gasteiger partial charge in [0.05, 0.1) is 0 Å². The van der Waals surface area contributed by atoms with Crippen LogP contribution in [0.3, 0.4) is 0 Å². The van der Waals surface area contributed by atoms with Crippen molar-refractivity contribution in [2.24, 2.45) is 0 Å². The highest BCUT2D eigenvalue weighted by Crippen LogP contribution is 2.20. The number of aromatic nitrogens is 2. The van der Waals surface area contributed by atoms with E-state index in [2.05, 4.69) is 51.5 Å². The van der Waals surface area contributed by atoms with Crippen LogP contribution in [-0.2, 0) is 0 Å². The van der Waals surface area contributed by atoms with Gasteiger partial charge >= 0.3 is 0 Å². The van der Waals surface area contributed by atoms with Crippen LogP contribution in [0.15, 0.2) is 60.8 Å². The maximum absolute atomic E-state index is 12.5. The van der Waals surface area contributed by atoms with Gasteiger partial charge in [-0.2, -0.15) is 0 Å². The first-order chi connectivity index (χ1) is 13.6. The van der Waals surface area contributed by atoms with Gasteiger partial charge in [-0.25, -0.2) is 9.97 Å². The molecule has 3 rings (SSSR count). The van der Waals surface area contributed by atoms with Crippen LogP contribution in [0.1, 0.15) is 29.9 Å². The Bertz CT molecular complexity index is 936. The molecule has 0 aliphatic heterocycles. The second-order valence-electron chi connectivity index (χ2n) is 6.43. The Hall–Kier alpha value is -3.41. The average Bonchev–Trinajstić information content (AvgIpc) is 2.70. The second kappa shape index (κ2) is 8.99. The summed E-state index contributed by atoms with van der Waals surface area (Å²) < 4.78 is 0. The van der Waals surface area contributed by atoms with Crippen molar-refractivity contribution in [1.29, 1.82) is 0 Å². The first kappa shape index (κ1) is 19.4. The Kier molecular flexibility index (Phi) is 6.22. The van der Waals surface area contributed by atoms with Crippen LogP contribution in [0, 0.1) is 6.92 Å². The molecular weight excluding hydrogens is 350 g/mol. The topological polar surface area (TPSA) is 70.2 Å². The summed E-state index contributed by atoms with van der Waals surface area (Å²) in [6.07, 6.45) is 1.57. The van der Waals surface area contributed by atoms with Gasteiger partial charge in [0.2, 0.25) is 5.95 Å². The van der Waals surface area contributed by atoms with E-state index in [4.69, 9.17) is 0 Å². The lowest BCUT2D eigenvalue weighted by Crippen LogP contribution is -2.21. The number of carbonyl (C=O) groups excluding carboxylic acids is 1. The number of amides is 1. The fourth-order valence-corrected chi connectivity index (χ4v) is 2.94. The Labute approximate surface area is 165 Å². The maximum Gasteiger partial charge on any atom is 0.274 e. The predicted molar refractivity (Wildman–Crippen MR) is 114 cm³/mol. The molecule has 0 saturated carbocycles. The Balaban J connectivity index is 1.70. The van der Waals surface area contributed by atoms with Crippen molar-refractivity contribution >= 4 is 28.9 Å². The van der Waals surface area contributed by atoms with Crippen LogP contribution in [0.25, 0.3) is 0 Å². The van der Waals surface area contributed by atoms with E-state index in [1.807, 2.05) is 43.3 Å². The molecule has 0 spiro atoms. The van der Waals surface area contributed by atoms with Gasteiger partial charge < -0.3 is 15.5 Å². The maximum atomic E-state index is 12.5. The molecule has 0 bridgehead atoms. The van der Waals surface area contributed by atoms with Crippen molar-refractivity contribution in [1.82, 2.24) is 9.97 Å². The van der Waals surface area contributed by atoms with E-state index in [0.29, 0.717) is 11.6 Å². The zero-order chi connectivity index (χ0) is 19.9. The summed E-state index contributed by atoms with van der Waals surface area (Å²) in [4.78, 5) is 23.3. The zero-order valence-electron chi connectivity index (χ0n) is 16.4. The van der Waals surface area contributed by atoms with E-state index in [0.717, 1.165) is 30.0 Å². The molecule has 1 heterocycles. The molecule has 0 radical (unpaired) electrons. The van der Waals surface area contributed by atoms with E-state index >= 15 is 0 Å². The smallest absolute Gasteiger partial charge is 0.274 e. The molecular formula is C22H25N5O. The largest absolute Gasteiger partial charge is 0.372 e. The van der Waals surface area contributed by atoms with Crippen molar-refractivity contribution in [3.05, 3.63) is 72.1 Å². The van der Waals surface area contributed by atoms with E-state index in [-0.39, 0.29) is 5.91 Å². The Morgan fingerprint density at radius 2 is 1.75 bits per heavy atom. The number of nitrogens with one attached hydrogen (secondary N) is 2. The molecule has 3 aromatic rings. The minimum atomic E-state index is -0.270. The van der Waals surface area contributed by atoms with Crippen molar-refractivity contribution in [3.8, 4) is 0 Å². The highest BCUT2D eigenvalue weighted by molar-refractivity contribution is 6.03. The molecule has 0 aliphatic carbocycles. The lowest BCUT2D eigenvalue weighted by Gasteiger charge is -2.21. The molecule has 144 valence electrons. The lowest BCUT2D eigenvalue weighted by molar-refractivity contribution is 0.102. The number of nitrogens with zero attached hydrogens (tertiary/aromatic N) is 3. The second-order valence-corrected chi connectivity index (χ2v) is 6.43. The molecule has 2 N–H and O–H groups in total. The molecule has 0 aliphatic rings. The molecule has 6 nitrogen and oxygen atoms in total. The fourth-order valence-electron chi connectivity index (χ4n) is 2.94. The van der Waals surface area contributed by atoms with Crippen molar-refractivity contribution in [2.45, 2.75) is 20.8 Å². The molecule has 1 aromatic heterocycles. The summed E-state index contributed by atoms with van der Waals surface area (Å²) in [5.74, 6) is 0.111. The molecule has 2 aromatic carbocycles. The van der Waals surface area contributed by atoms with Gasteiger partial charge in [-0.1, -0.05) is 12.1 Å². The highest BCUT2D eigenvalue weighted by atomic mass is 16.1. The third kappa shape index (κ3) is 4.85. The van der Waals surface area contributed by atoms with Gasteiger partial charge in [-0.05, 0) is 68.8 Å². The highest BCUT2D eigenvalue weighted by Gasteiger charge is 2.10. The van der Waals surface area contributed by atoms with Crippen molar-refractivity contribution in [3.63, 3.8) is 0 Å². The number of carbonyl (C=O) groups is 1. The normalized spacial score (nSPS) is 10.4. The van der Waals surface area contributed by atoms with Gasteiger partial charge in [-0.15, -0.1) is 0 Å². The minimum Gasteiger partial charge on any atom is -0.372 e. The zero-order valence-corrected chi connectivity index (χ0v) is 16.4. The van der Waals surface area contributed by atoms with Crippen LogP contribution < -0.4 is 15.5 Å². The Morgan fingerprint density at radius 3 is 2.43 bits per heavy atom. The van der Waals surface area contributed by atoms with E-state index in [9.17, 15) is 4.79 Å². The first-order valence-electron chi connectivity index (χ1n) is 9.42. The van der Waals surface area contributed by atoms with Crippen LogP contribution in [0.5, 0.6) is 0 Å². The standard InChI is InChI=1S/C22H25N5O/c1-4-27(5-2)19-11-9-17(10-12-19)25-22-23-14-13-20(26-22)21(28)24-18-8-6-7-16(3)15-18/h6-15H,4-5H2,1-3H3,(H,24,28)(H,23,25,26). The Morgan fingerprint density at radius 1 is 1.00 bits per heavy atom. The summed E-state index contributed by atoms with van der Waals surface area (Å²) in [7, 11) is 0. The fraction of sp³-hybridized carbons (Fsp3) is 0.227. The van der Waals surface area contributed by atoms with Gasteiger partial charge in [-0.3, -0.25) is 4.79 Å². The summed E-state index contributed by atoms with van der Waals surface area (Å²) in [6, 6.07) is 17.3. The average molecular weight is 375 g/mol. The lowest BCUT2D eigenvalue weighted by atomic mass is 10.2. The third-order valence-corrected chi connectivity index (χ3v) is 4.42. The minimum absolute atomic E-state index is 0.270. The van der Waals surface area contributed by atoms with E-state index in [1.165, 1.54) is 5.69 Å². The SMILES string of the molecule is CCN(CC)c1ccc(Nc2nccc(C(=O)Nc3cccc(C)c3)n2)cc1. The number of rotatable bonds is 7. The van der Waals surface area contributed by atoms with Crippen LogP contribution >= 0.6 is 0 Å². The van der Waals surface area contributed by atoms with Gasteiger partial charge in [0.25, 0.3) is 5.91 Å². The molecule has 0 saturated heterocycles. The van der Waals surface area contributed by atoms with E-state index < -0.39 is 0 Å². The van der Waals surface area contributed by atoms with E-state index in [1.54, 1.807) is 12.3 Å². The first-order valence-corrected chi connectivity index (χ1v) is 9.42. The van der Waals surface area contributed by atoms with Gasteiger partial charge in [0, 0.05) is 36.3 Å². The van der Waals surface area contributed by atoms with Crippen molar-refractivity contribution in [2.75, 3.05) is 28.6 Å². The van der Waals surface area contributed by atoms with Crippen LogP contribution in [0.2, 0.25) is 0 Å².